The summed E-state index contributed by atoms with van der Waals surface area (Å²) in [5, 5.41) is 8.83. The van der Waals surface area contributed by atoms with Crippen molar-refractivity contribution in [2.24, 2.45) is 0 Å². The molecule has 1 heterocycles. The maximum Gasteiger partial charge on any atom is 0.197 e. The number of rotatable bonds is 4. The fourth-order valence-corrected chi connectivity index (χ4v) is 9.78. The molecule has 1 radical (unpaired) electrons. The standard InChI is InChI=1S/C56H52BN2/c1-34-30-38(55(5,6)7)25-29-48(34)59-49-33-45-43(42-20-14-15-21-44(42)56(45,8)9)32-46(49)57-53-50(59)31-36-17-11-13-19-41(36)52(53)51-40-18-12-10-16-35(40)22-28-47(51)58-39-26-23-37(24-27-39)54(2,3)4/h10-33,58H,1-9H3. The molecule has 0 spiro atoms. The van der Waals surface area contributed by atoms with Crippen molar-refractivity contribution < 1.29 is 0 Å². The van der Waals surface area contributed by atoms with E-state index < -0.39 is 0 Å². The first-order valence-electron chi connectivity index (χ1n) is 21.2. The number of fused-ring (bicyclic) bond motifs is 7. The Hall–Kier alpha value is -6.06. The van der Waals surface area contributed by atoms with Gasteiger partial charge >= 0.3 is 0 Å². The predicted molar refractivity (Wildman–Crippen MR) is 256 cm³/mol. The monoisotopic (exact) mass is 763 g/mol. The minimum atomic E-state index is -0.124. The molecule has 1 N–H and O–H groups in total. The Labute approximate surface area is 351 Å². The van der Waals surface area contributed by atoms with Crippen molar-refractivity contribution in [3.8, 4) is 22.3 Å². The van der Waals surface area contributed by atoms with Crippen molar-refractivity contribution in [3.05, 3.63) is 173 Å². The van der Waals surface area contributed by atoms with Gasteiger partial charge < -0.3 is 10.2 Å². The van der Waals surface area contributed by atoms with Crippen molar-refractivity contribution in [2.75, 3.05) is 10.2 Å². The molecule has 1 aliphatic carbocycles. The van der Waals surface area contributed by atoms with E-state index in [1.165, 1.54) is 99.6 Å². The maximum atomic E-state index is 3.93. The second kappa shape index (κ2) is 13.2. The van der Waals surface area contributed by atoms with Crippen LogP contribution >= 0.6 is 0 Å². The van der Waals surface area contributed by atoms with Gasteiger partial charge in [-0.05, 0) is 126 Å². The van der Waals surface area contributed by atoms with Crippen LogP contribution in [0.15, 0.2) is 146 Å². The van der Waals surface area contributed by atoms with Gasteiger partial charge in [-0.15, -0.1) is 0 Å². The molecule has 2 nitrogen and oxygen atoms in total. The molecule has 1 aliphatic heterocycles. The quantitative estimate of drug-likeness (QED) is 0.180. The molecule has 0 aromatic heterocycles. The van der Waals surface area contributed by atoms with Crippen LogP contribution in [-0.4, -0.2) is 7.28 Å². The summed E-state index contributed by atoms with van der Waals surface area (Å²) in [5.41, 5.74) is 20.1. The number of hydrogen-bond acceptors (Lipinski definition) is 2. The van der Waals surface area contributed by atoms with Crippen LogP contribution in [-0.2, 0) is 16.2 Å². The van der Waals surface area contributed by atoms with E-state index >= 15 is 0 Å². The third-order valence-corrected chi connectivity index (χ3v) is 13.1. The molecule has 2 aliphatic rings. The molecule has 10 rings (SSSR count). The molecule has 289 valence electrons. The van der Waals surface area contributed by atoms with Crippen molar-refractivity contribution in [1.29, 1.82) is 0 Å². The Morgan fingerprint density at radius 1 is 0.525 bits per heavy atom. The molecular formula is C56H52BN2. The first-order valence-corrected chi connectivity index (χ1v) is 21.2. The number of nitrogens with zero attached hydrogens (tertiary/aromatic N) is 1. The van der Waals surface area contributed by atoms with Crippen LogP contribution in [0.25, 0.3) is 43.8 Å². The zero-order valence-electron chi connectivity index (χ0n) is 35.9. The molecule has 0 bridgehead atoms. The van der Waals surface area contributed by atoms with Gasteiger partial charge in [-0.2, -0.15) is 0 Å². The fraction of sp³-hybridized carbons (Fsp3) is 0.214. The van der Waals surface area contributed by atoms with Gasteiger partial charge in [0.2, 0.25) is 0 Å². The number of hydrogen-bond donors (Lipinski definition) is 1. The smallest absolute Gasteiger partial charge is 0.197 e. The average molecular weight is 764 g/mol. The first-order chi connectivity index (χ1) is 28.2. The van der Waals surface area contributed by atoms with Gasteiger partial charge in [0.15, 0.2) is 7.28 Å². The lowest BCUT2D eigenvalue weighted by atomic mass is 9.57. The Morgan fingerprint density at radius 2 is 1.17 bits per heavy atom. The maximum absolute atomic E-state index is 3.93. The molecule has 3 heteroatoms. The number of anilines is 5. The van der Waals surface area contributed by atoms with Crippen LogP contribution in [0.1, 0.15) is 83.2 Å². The van der Waals surface area contributed by atoms with Gasteiger partial charge in [0.05, 0.1) is 0 Å². The Balaban J connectivity index is 1.28. The molecular weight excluding hydrogens is 711 g/mol. The van der Waals surface area contributed by atoms with Crippen LogP contribution in [0.5, 0.6) is 0 Å². The van der Waals surface area contributed by atoms with Gasteiger partial charge in [-0.3, -0.25) is 0 Å². The lowest BCUT2D eigenvalue weighted by molar-refractivity contribution is 0.589. The lowest BCUT2D eigenvalue weighted by Crippen LogP contribution is -2.41. The molecule has 8 aromatic rings. The summed E-state index contributed by atoms with van der Waals surface area (Å²) in [6.07, 6.45) is 0. The summed E-state index contributed by atoms with van der Waals surface area (Å²) in [4.78, 5) is 2.57. The zero-order valence-corrected chi connectivity index (χ0v) is 35.9. The molecule has 0 unspecified atom stereocenters. The summed E-state index contributed by atoms with van der Waals surface area (Å²) in [6.45, 7) is 20.8. The first kappa shape index (κ1) is 37.2. The van der Waals surface area contributed by atoms with Crippen molar-refractivity contribution in [2.45, 2.75) is 78.6 Å². The van der Waals surface area contributed by atoms with Crippen LogP contribution < -0.4 is 21.1 Å². The predicted octanol–water partition coefficient (Wildman–Crippen LogP) is 14.1. The van der Waals surface area contributed by atoms with Crippen LogP contribution in [0, 0.1) is 6.92 Å². The van der Waals surface area contributed by atoms with Crippen LogP contribution in [0.2, 0.25) is 0 Å². The van der Waals surface area contributed by atoms with E-state index in [9.17, 15) is 0 Å². The number of aryl methyl sites for hydroxylation is 1. The molecule has 0 saturated heterocycles. The highest BCUT2D eigenvalue weighted by Crippen LogP contribution is 2.52. The summed E-state index contributed by atoms with van der Waals surface area (Å²) in [5.74, 6) is 0. The summed E-state index contributed by atoms with van der Waals surface area (Å²) < 4.78 is 0. The van der Waals surface area contributed by atoms with Gasteiger partial charge in [-0.25, -0.2) is 0 Å². The van der Waals surface area contributed by atoms with Crippen LogP contribution in [0.3, 0.4) is 0 Å². The van der Waals surface area contributed by atoms with E-state index in [-0.39, 0.29) is 16.2 Å². The van der Waals surface area contributed by atoms with Crippen molar-refractivity contribution in [1.82, 2.24) is 0 Å². The third kappa shape index (κ3) is 6.00. The Bertz CT molecular complexity index is 2990. The van der Waals surface area contributed by atoms with E-state index in [0.29, 0.717) is 0 Å². The molecule has 0 atom stereocenters. The van der Waals surface area contributed by atoms with Gasteiger partial charge in [0.25, 0.3) is 0 Å². The third-order valence-electron chi connectivity index (χ3n) is 13.1. The minimum absolute atomic E-state index is 0.0413. The van der Waals surface area contributed by atoms with Gasteiger partial charge in [-0.1, -0.05) is 170 Å². The molecule has 8 aromatic carbocycles. The Morgan fingerprint density at radius 3 is 1.88 bits per heavy atom. The molecule has 0 saturated carbocycles. The van der Waals surface area contributed by atoms with E-state index in [1.54, 1.807) is 0 Å². The van der Waals surface area contributed by atoms with Gasteiger partial charge in [0.1, 0.15) is 0 Å². The Kier molecular flexibility index (Phi) is 8.35. The second-order valence-electron chi connectivity index (χ2n) is 19.4. The summed E-state index contributed by atoms with van der Waals surface area (Å²) in [7, 11) is 2.49. The SMILES string of the molecule is Cc1cc(C(C)(C)C)ccc1N1c2cc3c(cc2[B]c2c1cc1ccccc1c2-c1c(Nc2ccc(C(C)(C)C)cc2)ccc2ccccc12)-c1ccccc1C3(C)C. The lowest BCUT2D eigenvalue weighted by Gasteiger charge is -2.38. The second-order valence-corrected chi connectivity index (χ2v) is 19.4. The number of nitrogens with one attached hydrogen (secondary N) is 1. The van der Waals surface area contributed by atoms with E-state index in [1.807, 2.05) is 0 Å². The largest absolute Gasteiger partial charge is 0.355 e. The molecule has 0 amide bonds. The number of benzene rings is 8. The fourth-order valence-electron chi connectivity index (χ4n) is 9.78. The minimum Gasteiger partial charge on any atom is -0.355 e. The normalized spacial score (nSPS) is 14.1. The van der Waals surface area contributed by atoms with Crippen molar-refractivity contribution >= 4 is 68.2 Å². The van der Waals surface area contributed by atoms with Crippen LogP contribution in [0.4, 0.5) is 28.4 Å². The highest BCUT2D eigenvalue weighted by Gasteiger charge is 2.39. The molecule has 0 fully saturated rings. The highest BCUT2D eigenvalue weighted by molar-refractivity contribution is 6.74. The summed E-state index contributed by atoms with van der Waals surface area (Å²) >= 11 is 0. The topological polar surface area (TPSA) is 15.3 Å². The van der Waals surface area contributed by atoms with Gasteiger partial charge in [0, 0.05) is 39.4 Å². The highest BCUT2D eigenvalue weighted by atomic mass is 15.2. The van der Waals surface area contributed by atoms with E-state index in [0.717, 1.165) is 11.4 Å². The van der Waals surface area contributed by atoms with E-state index in [4.69, 9.17) is 0 Å². The zero-order chi connectivity index (χ0) is 41.0. The molecule has 59 heavy (non-hydrogen) atoms. The van der Waals surface area contributed by atoms with E-state index in [2.05, 4.69) is 225 Å². The van der Waals surface area contributed by atoms with Crippen molar-refractivity contribution in [3.63, 3.8) is 0 Å². The average Bonchev–Trinajstić information content (AvgIpc) is 3.43. The summed E-state index contributed by atoms with van der Waals surface area (Å²) in [6, 6.07) is 54.9.